The Labute approximate surface area is 126 Å². The van der Waals surface area contributed by atoms with Crippen molar-refractivity contribution in [1.82, 2.24) is 4.72 Å². The Hall–Kier alpha value is -0.620. The summed E-state index contributed by atoms with van der Waals surface area (Å²) in [6.45, 7) is 3.68. The van der Waals surface area contributed by atoms with Crippen LogP contribution in [0.15, 0.2) is 29.2 Å². The van der Waals surface area contributed by atoms with Gasteiger partial charge < -0.3 is 5.11 Å². The zero-order chi connectivity index (χ0) is 15.2. The quantitative estimate of drug-likeness (QED) is 0.723. The van der Waals surface area contributed by atoms with Gasteiger partial charge in [-0.2, -0.15) is 0 Å². The second-order valence-corrected chi connectivity index (χ2v) is 6.98. The summed E-state index contributed by atoms with van der Waals surface area (Å²) in [5.74, 6) is 0.504. The summed E-state index contributed by atoms with van der Waals surface area (Å²) in [5, 5.41) is 10.1. The molecule has 4 nitrogen and oxygen atoms in total. The van der Waals surface area contributed by atoms with Gasteiger partial charge in [-0.15, -0.1) is 11.6 Å². The average Bonchev–Trinajstić information content (AvgIpc) is 2.46. The molecule has 1 rings (SSSR count). The van der Waals surface area contributed by atoms with Gasteiger partial charge in [0.25, 0.3) is 0 Å². The lowest BCUT2D eigenvalue weighted by molar-refractivity contribution is 0.0377. The summed E-state index contributed by atoms with van der Waals surface area (Å²) in [5.41, 5.74) is 0.00334. The molecule has 2 N–H and O–H groups in total. The van der Waals surface area contributed by atoms with E-state index in [1.54, 1.807) is 24.3 Å². The predicted octanol–water partition coefficient (Wildman–Crippen LogP) is 2.30. The summed E-state index contributed by atoms with van der Waals surface area (Å²) in [6.07, 6.45) is 1.71. The number of sulfonamides is 1. The fourth-order valence-corrected chi connectivity index (χ4v) is 3.10. The maximum absolute atomic E-state index is 12.1. The van der Waals surface area contributed by atoms with E-state index in [9.17, 15) is 13.5 Å². The Kier molecular flexibility index (Phi) is 6.45. The molecule has 0 fully saturated rings. The first kappa shape index (κ1) is 17.4. The van der Waals surface area contributed by atoms with Gasteiger partial charge in [-0.05, 0) is 37.0 Å². The minimum atomic E-state index is -3.59. The van der Waals surface area contributed by atoms with Crippen molar-refractivity contribution in [3.8, 4) is 0 Å². The molecular formula is C14H22ClNO3S. The number of nitrogens with one attached hydrogen (secondary N) is 1. The number of hydrogen-bond acceptors (Lipinski definition) is 3. The lowest BCUT2D eigenvalue weighted by Gasteiger charge is -2.25. The van der Waals surface area contributed by atoms with Crippen LogP contribution in [-0.4, -0.2) is 31.6 Å². The van der Waals surface area contributed by atoms with Crippen molar-refractivity contribution in [1.29, 1.82) is 0 Å². The summed E-state index contributed by atoms with van der Waals surface area (Å²) in [7, 11) is -3.59. The molecule has 0 saturated heterocycles. The first-order valence-corrected chi connectivity index (χ1v) is 8.75. The molecule has 0 amide bonds. The van der Waals surface area contributed by atoms with E-state index in [0.29, 0.717) is 25.1 Å². The van der Waals surface area contributed by atoms with Crippen molar-refractivity contribution in [2.75, 3.05) is 12.4 Å². The highest BCUT2D eigenvalue weighted by Crippen LogP contribution is 2.16. The number of alkyl halides is 1. The van der Waals surface area contributed by atoms with Crippen LogP contribution in [0.2, 0.25) is 0 Å². The largest absolute Gasteiger partial charge is 0.389 e. The highest BCUT2D eigenvalue weighted by molar-refractivity contribution is 7.89. The van der Waals surface area contributed by atoms with Gasteiger partial charge in [-0.3, -0.25) is 0 Å². The molecule has 0 unspecified atom stereocenters. The molecule has 1 aromatic carbocycles. The van der Waals surface area contributed by atoms with Crippen LogP contribution >= 0.6 is 11.6 Å². The van der Waals surface area contributed by atoms with E-state index in [-0.39, 0.29) is 11.4 Å². The maximum atomic E-state index is 12.1. The minimum Gasteiger partial charge on any atom is -0.389 e. The van der Waals surface area contributed by atoms with Crippen LogP contribution in [0.4, 0.5) is 0 Å². The molecule has 0 saturated carbocycles. The number of halogens is 1. The van der Waals surface area contributed by atoms with Crippen LogP contribution in [0.5, 0.6) is 0 Å². The molecule has 0 radical (unpaired) electrons. The molecule has 0 spiro atoms. The molecule has 0 aliphatic rings. The smallest absolute Gasteiger partial charge is 0.240 e. The van der Waals surface area contributed by atoms with Crippen LogP contribution in [0.3, 0.4) is 0 Å². The number of aliphatic hydroxyl groups is 1. The fraction of sp³-hybridized carbons (Fsp3) is 0.571. The SMILES string of the molecule is CCC(O)(CC)CNS(=O)(=O)c1ccc(CCCl)cc1. The van der Waals surface area contributed by atoms with Gasteiger partial charge in [0.15, 0.2) is 0 Å². The van der Waals surface area contributed by atoms with E-state index < -0.39 is 15.6 Å². The third kappa shape index (κ3) is 4.74. The van der Waals surface area contributed by atoms with E-state index in [0.717, 1.165) is 5.56 Å². The molecule has 0 heterocycles. The highest BCUT2D eigenvalue weighted by atomic mass is 35.5. The van der Waals surface area contributed by atoms with Gasteiger partial charge >= 0.3 is 0 Å². The summed E-state index contributed by atoms with van der Waals surface area (Å²) in [6, 6.07) is 6.62. The molecule has 0 atom stereocenters. The van der Waals surface area contributed by atoms with Crippen LogP contribution < -0.4 is 4.72 Å². The Balaban J connectivity index is 2.78. The summed E-state index contributed by atoms with van der Waals surface area (Å²) in [4.78, 5) is 0.199. The Bertz CT molecular complexity index is 510. The number of benzene rings is 1. The standard InChI is InChI=1S/C14H22ClNO3S/c1-3-14(17,4-2)11-16-20(18,19)13-7-5-12(6-8-13)9-10-15/h5-8,16-17H,3-4,9-11H2,1-2H3. The van der Waals surface area contributed by atoms with Crippen molar-refractivity contribution in [2.45, 2.75) is 43.6 Å². The van der Waals surface area contributed by atoms with Crippen LogP contribution in [0, 0.1) is 0 Å². The van der Waals surface area contributed by atoms with E-state index >= 15 is 0 Å². The average molecular weight is 320 g/mol. The molecule has 20 heavy (non-hydrogen) atoms. The topological polar surface area (TPSA) is 66.4 Å². The van der Waals surface area contributed by atoms with Gasteiger partial charge in [0, 0.05) is 12.4 Å². The molecule has 0 bridgehead atoms. The third-order valence-electron chi connectivity index (χ3n) is 3.52. The maximum Gasteiger partial charge on any atom is 0.240 e. The number of aryl methyl sites for hydroxylation is 1. The second-order valence-electron chi connectivity index (χ2n) is 4.84. The lowest BCUT2D eigenvalue weighted by Crippen LogP contribution is -2.41. The second kappa shape index (κ2) is 7.41. The van der Waals surface area contributed by atoms with E-state index in [4.69, 9.17) is 11.6 Å². The normalized spacial score (nSPS) is 12.6. The Morgan fingerprint density at radius 1 is 1.20 bits per heavy atom. The van der Waals surface area contributed by atoms with Crippen LogP contribution in [0.25, 0.3) is 0 Å². The van der Waals surface area contributed by atoms with Gasteiger partial charge in [-0.25, -0.2) is 13.1 Å². The van der Waals surface area contributed by atoms with Crippen LogP contribution in [0.1, 0.15) is 32.3 Å². The van der Waals surface area contributed by atoms with Gasteiger partial charge in [0.1, 0.15) is 0 Å². The predicted molar refractivity (Wildman–Crippen MR) is 81.6 cm³/mol. The van der Waals surface area contributed by atoms with E-state index in [1.807, 2.05) is 13.8 Å². The molecular weight excluding hydrogens is 298 g/mol. The lowest BCUT2D eigenvalue weighted by atomic mass is 9.98. The van der Waals surface area contributed by atoms with E-state index in [1.165, 1.54) is 0 Å². The molecule has 0 aliphatic heterocycles. The van der Waals surface area contributed by atoms with Gasteiger partial charge in [0.05, 0.1) is 10.5 Å². The van der Waals surface area contributed by atoms with Crippen molar-refractivity contribution in [2.24, 2.45) is 0 Å². The number of rotatable bonds is 8. The Morgan fingerprint density at radius 3 is 2.20 bits per heavy atom. The molecule has 0 aliphatic carbocycles. The molecule has 0 aromatic heterocycles. The Morgan fingerprint density at radius 2 is 1.75 bits per heavy atom. The van der Waals surface area contributed by atoms with Gasteiger partial charge in [0.2, 0.25) is 10.0 Å². The zero-order valence-electron chi connectivity index (χ0n) is 11.9. The van der Waals surface area contributed by atoms with E-state index in [2.05, 4.69) is 4.72 Å². The monoisotopic (exact) mass is 319 g/mol. The molecule has 1 aromatic rings. The summed E-state index contributed by atoms with van der Waals surface area (Å²) >= 11 is 5.64. The van der Waals surface area contributed by atoms with Crippen molar-refractivity contribution in [3.63, 3.8) is 0 Å². The zero-order valence-corrected chi connectivity index (χ0v) is 13.5. The first-order valence-electron chi connectivity index (χ1n) is 6.74. The van der Waals surface area contributed by atoms with Crippen molar-refractivity contribution in [3.05, 3.63) is 29.8 Å². The third-order valence-corrected chi connectivity index (χ3v) is 5.13. The molecule has 6 heteroatoms. The van der Waals surface area contributed by atoms with Gasteiger partial charge in [-0.1, -0.05) is 26.0 Å². The first-order chi connectivity index (χ1) is 9.37. The molecule has 114 valence electrons. The highest BCUT2D eigenvalue weighted by Gasteiger charge is 2.25. The van der Waals surface area contributed by atoms with Crippen molar-refractivity contribution >= 4 is 21.6 Å². The number of hydrogen-bond donors (Lipinski definition) is 2. The van der Waals surface area contributed by atoms with Crippen molar-refractivity contribution < 1.29 is 13.5 Å². The minimum absolute atomic E-state index is 0.0196. The fourth-order valence-electron chi connectivity index (χ4n) is 1.76. The van der Waals surface area contributed by atoms with Crippen LogP contribution in [-0.2, 0) is 16.4 Å². The summed E-state index contributed by atoms with van der Waals surface area (Å²) < 4.78 is 26.7.